The van der Waals surface area contributed by atoms with Crippen LogP contribution in [0.3, 0.4) is 0 Å². The lowest BCUT2D eigenvalue weighted by molar-refractivity contribution is -0.186. The molecule has 4 rings (SSSR count). The average molecular weight is 601 g/mol. The molecule has 3 saturated carbocycles. The van der Waals surface area contributed by atoms with Crippen molar-refractivity contribution in [1.82, 2.24) is 0 Å². The summed E-state index contributed by atoms with van der Waals surface area (Å²) < 4.78 is 11.3. The van der Waals surface area contributed by atoms with Crippen LogP contribution in [0.1, 0.15) is 94.9 Å². The fourth-order valence-electron chi connectivity index (χ4n) is 9.56. The smallest absolute Gasteiger partial charge is 0.303 e. The molecule has 4 aliphatic carbocycles. The molecular weight excluding hydrogens is 552 g/mol. The van der Waals surface area contributed by atoms with Gasteiger partial charge in [-0.15, -0.1) is 0 Å². The van der Waals surface area contributed by atoms with Crippen molar-refractivity contribution in [2.75, 3.05) is 0 Å². The van der Waals surface area contributed by atoms with Crippen LogP contribution in [0.4, 0.5) is 0 Å². The van der Waals surface area contributed by atoms with Crippen molar-refractivity contribution >= 4 is 29.3 Å². The van der Waals surface area contributed by atoms with Gasteiger partial charge in [0.15, 0.2) is 17.7 Å². The lowest BCUT2D eigenvalue weighted by Crippen LogP contribution is -2.65. The Morgan fingerprint density at radius 2 is 1.53 bits per heavy atom. The van der Waals surface area contributed by atoms with E-state index in [1.165, 1.54) is 40.7 Å². The van der Waals surface area contributed by atoms with Gasteiger partial charge in [-0.2, -0.15) is 0 Å². The standard InChI is InChI=1S/C34H48O9/c1-18(35)42-22-15-21-20(30(5,6)28(22)39)11-12-24-31(7)16-23(43-19(2)36)27(32(31,8)17-26(38)33(21,24)9)34(10,41)25(37)13-14-29(3,4)40/h11,13-14,21-24,27,40-41H,12,15-17H2,1-10H3/b14-13+/t21-,22+,23-,24-,27+,31+,32-,33+,34+/m1/s1. The van der Waals surface area contributed by atoms with Crippen LogP contribution in [0.25, 0.3) is 0 Å². The molecule has 3 fully saturated rings. The number of ether oxygens (including phenoxy) is 2. The van der Waals surface area contributed by atoms with Gasteiger partial charge in [-0.05, 0) is 82.6 Å². The second kappa shape index (κ2) is 10.2. The summed E-state index contributed by atoms with van der Waals surface area (Å²) in [4.78, 5) is 65.9. The van der Waals surface area contributed by atoms with E-state index in [-0.39, 0.29) is 36.2 Å². The molecule has 0 heterocycles. The molecule has 9 nitrogen and oxygen atoms in total. The number of ketones is 3. The number of carbonyl (C=O) groups excluding carboxylic acids is 5. The maximum Gasteiger partial charge on any atom is 0.303 e. The Kier molecular flexibility index (Phi) is 7.88. The summed E-state index contributed by atoms with van der Waals surface area (Å²) in [6.45, 7) is 16.5. The first kappa shape index (κ1) is 33.2. The zero-order chi connectivity index (χ0) is 32.7. The molecule has 0 amide bonds. The number of hydrogen-bond donors (Lipinski definition) is 2. The minimum atomic E-state index is -2.02. The summed E-state index contributed by atoms with van der Waals surface area (Å²) in [6, 6.07) is 0. The molecule has 4 aliphatic rings. The van der Waals surface area contributed by atoms with Gasteiger partial charge in [0.2, 0.25) is 0 Å². The molecule has 0 aliphatic heterocycles. The monoisotopic (exact) mass is 600 g/mol. The van der Waals surface area contributed by atoms with E-state index in [1.807, 2.05) is 27.7 Å². The Morgan fingerprint density at radius 1 is 0.953 bits per heavy atom. The SMILES string of the molecule is CC(=O)O[C@H]1C[C@@H]2C(=CC[C@H]3[C@@]2(C)C(=O)C[C@]2(C)[C@@H]([C@@](C)(O)C(=O)/C=C/C(C)(C)O)[C@H](OC(C)=O)C[C@@]32C)C(C)(C)C1=O. The molecule has 0 bridgehead atoms. The van der Waals surface area contributed by atoms with E-state index in [4.69, 9.17) is 9.47 Å². The fourth-order valence-corrected chi connectivity index (χ4v) is 9.56. The Labute approximate surface area is 254 Å². The molecule has 9 atom stereocenters. The molecule has 2 N–H and O–H groups in total. The van der Waals surface area contributed by atoms with Gasteiger partial charge in [0.05, 0.1) is 5.60 Å². The van der Waals surface area contributed by atoms with E-state index in [2.05, 4.69) is 13.0 Å². The molecule has 0 spiro atoms. The average Bonchev–Trinajstić information content (AvgIpc) is 3.06. The summed E-state index contributed by atoms with van der Waals surface area (Å²) in [5.41, 5.74) is -5.90. The maximum absolute atomic E-state index is 14.6. The second-order valence-corrected chi connectivity index (χ2v) is 15.4. The maximum atomic E-state index is 14.6. The third-order valence-corrected chi connectivity index (χ3v) is 11.7. The van der Waals surface area contributed by atoms with E-state index in [0.29, 0.717) is 12.8 Å². The zero-order valence-electron chi connectivity index (χ0n) is 27.2. The van der Waals surface area contributed by atoms with Crippen LogP contribution in [0.2, 0.25) is 0 Å². The predicted octanol–water partition coefficient (Wildman–Crippen LogP) is 4.07. The Bertz CT molecular complexity index is 1310. The molecule has 0 radical (unpaired) electrons. The van der Waals surface area contributed by atoms with Crippen LogP contribution < -0.4 is 0 Å². The van der Waals surface area contributed by atoms with Gasteiger partial charge in [0.25, 0.3) is 0 Å². The van der Waals surface area contributed by atoms with Crippen molar-refractivity contribution in [3.05, 3.63) is 23.8 Å². The van der Waals surface area contributed by atoms with Crippen molar-refractivity contribution in [1.29, 1.82) is 0 Å². The number of hydrogen-bond acceptors (Lipinski definition) is 9. The van der Waals surface area contributed by atoms with Gasteiger partial charge < -0.3 is 19.7 Å². The van der Waals surface area contributed by atoms with Crippen molar-refractivity contribution in [3.63, 3.8) is 0 Å². The highest BCUT2D eigenvalue weighted by Crippen LogP contribution is 2.74. The molecule has 9 heteroatoms. The van der Waals surface area contributed by atoms with Crippen molar-refractivity contribution in [2.45, 2.75) is 118 Å². The van der Waals surface area contributed by atoms with E-state index < -0.39 is 68.7 Å². The highest BCUT2D eigenvalue weighted by Gasteiger charge is 2.75. The Hall–Kier alpha value is -2.65. The molecule has 0 aromatic carbocycles. The summed E-state index contributed by atoms with van der Waals surface area (Å²) in [6.07, 6.45) is 3.75. The van der Waals surface area contributed by atoms with Crippen LogP contribution in [0.15, 0.2) is 23.8 Å². The zero-order valence-corrected chi connectivity index (χ0v) is 27.2. The number of esters is 2. The first-order chi connectivity index (χ1) is 19.4. The third kappa shape index (κ3) is 4.95. The van der Waals surface area contributed by atoms with Gasteiger partial charge in [-0.3, -0.25) is 24.0 Å². The minimum absolute atomic E-state index is 0.0218. The van der Waals surface area contributed by atoms with Gasteiger partial charge in [0, 0.05) is 37.0 Å². The highest BCUT2D eigenvalue weighted by atomic mass is 16.5. The second-order valence-electron chi connectivity index (χ2n) is 15.4. The minimum Gasteiger partial charge on any atom is -0.462 e. The first-order valence-corrected chi connectivity index (χ1v) is 15.3. The number of aliphatic hydroxyl groups is 2. The number of fused-ring (bicyclic) bond motifs is 5. The summed E-state index contributed by atoms with van der Waals surface area (Å²) in [5, 5.41) is 22.1. The molecule has 0 aromatic heterocycles. The first-order valence-electron chi connectivity index (χ1n) is 15.3. The number of Topliss-reactive ketones (excluding diaryl/α,β-unsaturated/α-hetero) is 2. The molecule has 0 saturated heterocycles. The van der Waals surface area contributed by atoms with Gasteiger partial charge >= 0.3 is 11.9 Å². The van der Waals surface area contributed by atoms with Gasteiger partial charge in [0.1, 0.15) is 17.5 Å². The molecular formula is C34H48O9. The third-order valence-electron chi connectivity index (χ3n) is 11.7. The lowest BCUT2D eigenvalue weighted by Gasteiger charge is -2.64. The van der Waals surface area contributed by atoms with E-state index in [1.54, 1.807) is 0 Å². The molecule has 43 heavy (non-hydrogen) atoms. The van der Waals surface area contributed by atoms with Crippen molar-refractivity contribution < 1.29 is 43.7 Å². The molecule has 0 unspecified atom stereocenters. The summed E-state index contributed by atoms with van der Waals surface area (Å²) in [7, 11) is 0. The van der Waals surface area contributed by atoms with E-state index in [0.717, 1.165) is 11.6 Å². The summed E-state index contributed by atoms with van der Waals surface area (Å²) >= 11 is 0. The number of allylic oxidation sites excluding steroid dienone is 2. The molecule has 0 aromatic rings. The van der Waals surface area contributed by atoms with Gasteiger partial charge in [-0.25, -0.2) is 0 Å². The topological polar surface area (TPSA) is 144 Å². The van der Waals surface area contributed by atoms with Crippen LogP contribution >= 0.6 is 0 Å². The van der Waals surface area contributed by atoms with Gasteiger partial charge in [-0.1, -0.05) is 38.5 Å². The molecule has 238 valence electrons. The largest absolute Gasteiger partial charge is 0.462 e. The van der Waals surface area contributed by atoms with E-state index >= 15 is 0 Å². The van der Waals surface area contributed by atoms with Crippen molar-refractivity contribution in [2.24, 2.45) is 39.4 Å². The van der Waals surface area contributed by atoms with Crippen LogP contribution in [0, 0.1) is 39.4 Å². The Morgan fingerprint density at radius 3 is 2.07 bits per heavy atom. The normalized spacial score (nSPS) is 40.1. The van der Waals surface area contributed by atoms with Crippen LogP contribution in [-0.4, -0.2) is 62.9 Å². The Balaban J connectivity index is 1.86. The predicted molar refractivity (Wildman–Crippen MR) is 157 cm³/mol. The van der Waals surface area contributed by atoms with Crippen LogP contribution in [-0.2, 0) is 33.4 Å². The number of carbonyl (C=O) groups is 5. The summed E-state index contributed by atoms with van der Waals surface area (Å²) in [5.74, 6) is -3.53. The van der Waals surface area contributed by atoms with E-state index in [9.17, 15) is 34.2 Å². The fraction of sp³-hybridized carbons (Fsp3) is 0.735. The lowest BCUT2D eigenvalue weighted by atomic mass is 9.38. The number of rotatable bonds is 6. The highest BCUT2D eigenvalue weighted by molar-refractivity contribution is 5.98. The quantitative estimate of drug-likeness (QED) is 0.262. The van der Waals surface area contributed by atoms with Crippen LogP contribution in [0.5, 0.6) is 0 Å². The van der Waals surface area contributed by atoms with Crippen molar-refractivity contribution in [3.8, 4) is 0 Å².